The van der Waals surface area contributed by atoms with Gasteiger partial charge >= 0.3 is 0 Å². The average Bonchev–Trinajstić information content (AvgIpc) is 2.89. The van der Waals surface area contributed by atoms with E-state index in [4.69, 9.17) is 0 Å². The average molecular weight is 323 g/mol. The molecule has 1 saturated heterocycles. The molecule has 0 radical (unpaired) electrons. The van der Waals surface area contributed by atoms with Crippen LogP contribution in [0.3, 0.4) is 0 Å². The Labute approximate surface area is 130 Å². The number of fused-ring (bicyclic) bond motifs is 1. The van der Waals surface area contributed by atoms with Gasteiger partial charge in [0, 0.05) is 37.8 Å². The number of hydrogen-bond donors (Lipinski definition) is 1. The first kappa shape index (κ1) is 15.4. The fourth-order valence-corrected chi connectivity index (χ4v) is 4.37. The molecule has 7 nitrogen and oxygen atoms in total. The second-order valence-corrected chi connectivity index (χ2v) is 7.89. The maximum Gasteiger partial charge on any atom is 0.242 e. The van der Waals surface area contributed by atoms with Crippen molar-refractivity contribution >= 4 is 21.1 Å². The topological polar surface area (TPSA) is 80.1 Å². The van der Waals surface area contributed by atoms with Gasteiger partial charge in [-0.15, -0.1) is 0 Å². The lowest BCUT2D eigenvalue weighted by atomic mass is 10.1. The Balaban J connectivity index is 1.93. The Bertz CT molecular complexity index is 814. The number of likely N-dealkylation sites (N-methyl/N-ethyl adjacent to an activating group) is 1. The molecule has 1 fully saturated rings. The molecular weight excluding hydrogens is 302 g/mol. The van der Waals surface area contributed by atoms with E-state index >= 15 is 0 Å². The maximum absolute atomic E-state index is 12.6. The van der Waals surface area contributed by atoms with E-state index in [1.54, 1.807) is 17.8 Å². The van der Waals surface area contributed by atoms with Crippen molar-refractivity contribution in [1.29, 1.82) is 0 Å². The summed E-state index contributed by atoms with van der Waals surface area (Å²) in [4.78, 5) is 6.57. The summed E-state index contributed by atoms with van der Waals surface area (Å²) in [6.07, 6.45) is 1.40. The first-order valence-corrected chi connectivity index (χ1v) is 8.76. The number of nitrogens with one attached hydrogen (secondary N) is 1. The molecule has 0 bridgehead atoms. The van der Waals surface area contributed by atoms with Crippen molar-refractivity contribution in [2.24, 2.45) is 13.0 Å². The van der Waals surface area contributed by atoms with Crippen LogP contribution in [0.5, 0.6) is 0 Å². The summed E-state index contributed by atoms with van der Waals surface area (Å²) in [5.41, 5.74) is 1.46. The molecule has 8 heteroatoms. The molecule has 2 atom stereocenters. The van der Waals surface area contributed by atoms with E-state index in [1.165, 1.54) is 6.20 Å². The summed E-state index contributed by atoms with van der Waals surface area (Å²) in [7, 11) is 0.219. The van der Waals surface area contributed by atoms with Crippen LogP contribution in [0.2, 0.25) is 0 Å². The highest BCUT2D eigenvalue weighted by Gasteiger charge is 2.31. The molecule has 1 N–H and O–H groups in total. The monoisotopic (exact) mass is 323 g/mol. The van der Waals surface area contributed by atoms with Gasteiger partial charge in [0.15, 0.2) is 5.65 Å². The van der Waals surface area contributed by atoms with Crippen molar-refractivity contribution in [3.05, 3.63) is 18.0 Å². The molecule has 1 aliphatic rings. The molecule has 3 rings (SSSR count). The molecule has 0 aliphatic carbocycles. The SMILES string of the molecule is Cc1nn(C)c2ncc(S(=O)(=O)N[C@@H]3CN(C)C[C@H]3C)cc12. The van der Waals surface area contributed by atoms with Crippen LogP contribution in [0.1, 0.15) is 12.6 Å². The summed E-state index contributed by atoms with van der Waals surface area (Å²) >= 11 is 0. The molecular formula is C14H21N5O2S. The predicted octanol–water partition coefficient (Wildman–Crippen LogP) is 0.505. The summed E-state index contributed by atoms with van der Waals surface area (Å²) in [6.45, 7) is 5.53. The quantitative estimate of drug-likeness (QED) is 0.890. The second kappa shape index (κ2) is 5.29. The molecule has 120 valence electrons. The van der Waals surface area contributed by atoms with Gasteiger partial charge in [-0.25, -0.2) is 18.1 Å². The minimum absolute atomic E-state index is 0.0688. The number of aryl methyl sites for hydroxylation is 2. The zero-order valence-electron chi connectivity index (χ0n) is 13.2. The van der Waals surface area contributed by atoms with E-state index in [0.717, 1.165) is 24.2 Å². The molecule has 0 spiro atoms. The van der Waals surface area contributed by atoms with E-state index in [2.05, 4.69) is 26.6 Å². The number of rotatable bonds is 3. The van der Waals surface area contributed by atoms with Crippen LogP contribution in [0, 0.1) is 12.8 Å². The van der Waals surface area contributed by atoms with Crippen LogP contribution in [0.25, 0.3) is 11.0 Å². The molecule has 2 aromatic rings. The van der Waals surface area contributed by atoms with Crippen LogP contribution in [-0.2, 0) is 17.1 Å². The zero-order valence-corrected chi connectivity index (χ0v) is 14.1. The van der Waals surface area contributed by atoms with Gasteiger partial charge in [-0.3, -0.25) is 4.68 Å². The Morgan fingerprint density at radius 1 is 1.32 bits per heavy atom. The summed E-state index contributed by atoms with van der Waals surface area (Å²) < 4.78 is 29.7. The normalized spacial score (nSPS) is 23.5. The Hall–Kier alpha value is -1.51. The third-order valence-corrected chi connectivity index (χ3v) is 5.71. The van der Waals surface area contributed by atoms with Crippen molar-refractivity contribution in [2.75, 3.05) is 20.1 Å². The summed E-state index contributed by atoms with van der Waals surface area (Å²) in [6, 6.07) is 1.58. The van der Waals surface area contributed by atoms with Crippen LogP contribution < -0.4 is 4.72 Å². The van der Waals surface area contributed by atoms with Crippen LogP contribution in [0.4, 0.5) is 0 Å². The Morgan fingerprint density at radius 2 is 2.05 bits per heavy atom. The van der Waals surface area contributed by atoms with Crippen molar-refractivity contribution in [3.8, 4) is 0 Å². The third kappa shape index (κ3) is 2.62. The maximum atomic E-state index is 12.6. The lowest BCUT2D eigenvalue weighted by molar-refractivity contribution is 0.400. The van der Waals surface area contributed by atoms with Crippen molar-refractivity contribution < 1.29 is 8.42 Å². The highest BCUT2D eigenvalue weighted by atomic mass is 32.2. The van der Waals surface area contributed by atoms with Crippen LogP contribution >= 0.6 is 0 Å². The molecule has 0 unspecified atom stereocenters. The molecule has 22 heavy (non-hydrogen) atoms. The minimum atomic E-state index is -3.58. The number of sulfonamides is 1. The van der Waals surface area contributed by atoms with Crippen molar-refractivity contribution in [1.82, 2.24) is 24.4 Å². The number of hydrogen-bond acceptors (Lipinski definition) is 5. The van der Waals surface area contributed by atoms with Gasteiger partial charge in [-0.1, -0.05) is 6.92 Å². The molecule has 1 aliphatic heterocycles. The summed E-state index contributed by atoms with van der Waals surface area (Å²) in [5, 5.41) is 5.04. The van der Waals surface area contributed by atoms with Gasteiger partial charge in [-0.2, -0.15) is 5.10 Å². The predicted molar refractivity (Wildman–Crippen MR) is 84.0 cm³/mol. The highest BCUT2D eigenvalue weighted by Crippen LogP contribution is 2.21. The number of aromatic nitrogens is 3. The second-order valence-electron chi connectivity index (χ2n) is 6.18. The molecule has 0 amide bonds. The number of likely N-dealkylation sites (tertiary alicyclic amines) is 1. The minimum Gasteiger partial charge on any atom is -0.304 e. The zero-order chi connectivity index (χ0) is 16.1. The van der Waals surface area contributed by atoms with E-state index in [1.807, 2.05) is 14.0 Å². The van der Waals surface area contributed by atoms with Gasteiger partial charge in [0.05, 0.1) is 5.69 Å². The lowest BCUT2D eigenvalue weighted by Gasteiger charge is -2.16. The fourth-order valence-electron chi connectivity index (χ4n) is 3.07. The fraction of sp³-hybridized carbons (Fsp3) is 0.571. The number of nitrogens with zero attached hydrogens (tertiary/aromatic N) is 4. The first-order valence-electron chi connectivity index (χ1n) is 7.28. The van der Waals surface area contributed by atoms with E-state index in [9.17, 15) is 8.42 Å². The largest absolute Gasteiger partial charge is 0.304 e. The number of pyridine rings is 1. The summed E-state index contributed by atoms with van der Waals surface area (Å²) in [5.74, 6) is 0.289. The highest BCUT2D eigenvalue weighted by molar-refractivity contribution is 7.89. The van der Waals surface area contributed by atoms with E-state index < -0.39 is 10.0 Å². The van der Waals surface area contributed by atoms with Crippen LogP contribution in [0.15, 0.2) is 17.2 Å². The first-order chi connectivity index (χ1) is 10.3. The van der Waals surface area contributed by atoms with Gasteiger partial charge in [-0.05, 0) is 26.0 Å². The molecule has 2 aromatic heterocycles. The lowest BCUT2D eigenvalue weighted by Crippen LogP contribution is -2.39. The van der Waals surface area contributed by atoms with Gasteiger partial charge < -0.3 is 4.90 Å². The third-order valence-electron chi connectivity index (χ3n) is 4.25. The standard InChI is InChI=1S/C14H21N5O2S/c1-9-7-18(3)8-13(9)17-22(20,21)11-5-12-10(2)16-19(4)14(12)15-6-11/h5-6,9,13,17H,7-8H2,1-4H3/t9-,13-/m1/s1. The van der Waals surface area contributed by atoms with Gasteiger partial charge in [0.25, 0.3) is 0 Å². The van der Waals surface area contributed by atoms with Crippen LogP contribution in [-0.4, -0.2) is 54.3 Å². The van der Waals surface area contributed by atoms with E-state index in [-0.39, 0.29) is 16.9 Å². The van der Waals surface area contributed by atoms with Gasteiger partial charge in [0.1, 0.15) is 4.90 Å². The molecule has 3 heterocycles. The van der Waals surface area contributed by atoms with E-state index in [0.29, 0.717) is 5.65 Å². The Kier molecular flexibility index (Phi) is 3.70. The smallest absolute Gasteiger partial charge is 0.242 e. The van der Waals surface area contributed by atoms with Gasteiger partial charge in [0.2, 0.25) is 10.0 Å². The van der Waals surface area contributed by atoms with Crippen molar-refractivity contribution in [3.63, 3.8) is 0 Å². The molecule has 0 aromatic carbocycles. The Morgan fingerprint density at radius 3 is 2.68 bits per heavy atom. The van der Waals surface area contributed by atoms with Crippen molar-refractivity contribution in [2.45, 2.75) is 24.8 Å². The molecule has 0 saturated carbocycles.